The van der Waals surface area contributed by atoms with E-state index in [4.69, 9.17) is 0 Å². The molecule has 0 heterocycles. The minimum atomic E-state index is -1.41. The van der Waals surface area contributed by atoms with Gasteiger partial charge in [-0.15, -0.1) is 0 Å². The first-order chi connectivity index (χ1) is 9.79. The third-order valence-corrected chi connectivity index (χ3v) is 10.5. The average Bonchev–Trinajstić information content (AvgIpc) is 3.02. The summed E-state index contributed by atoms with van der Waals surface area (Å²) in [7, 11) is -1.41. The van der Waals surface area contributed by atoms with E-state index in [-0.39, 0.29) is 0 Å². The number of benzene rings is 1. The van der Waals surface area contributed by atoms with Crippen LogP contribution >= 0.6 is 0 Å². The van der Waals surface area contributed by atoms with E-state index in [2.05, 4.69) is 55.1 Å². The molecule has 1 aromatic carbocycles. The highest BCUT2D eigenvalue weighted by molar-refractivity contribution is 6.92. The van der Waals surface area contributed by atoms with Crippen LogP contribution in [0.4, 0.5) is 0 Å². The summed E-state index contributed by atoms with van der Waals surface area (Å²) in [5.74, 6) is 0. The molecule has 2 aliphatic carbocycles. The maximum absolute atomic E-state index is 2.64. The second-order valence-corrected chi connectivity index (χ2v) is 11.3. The van der Waals surface area contributed by atoms with E-state index in [0.717, 1.165) is 12.0 Å². The van der Waals surface area contributed by atoms with E-state index >= 15 is 0 Å². The summed E-state index contributed by atoms with van der Waals surface area (Å²) in [6.45, 7) is 2.64. The maximum Gasteiger partial charge on any atom is 0.0910 e. The standard InChI is InChI=1S/C19H26Si/c1-20(16-17-10-8-9-11-17,18-12-4-2-5-13-18)19-14-6-3-7-15-19/h2,4-5,8,10-13,19H,3,6-7,9,14-16H2,1H3. The van der Waals surface area contributed by atoms with Crippen LogP contribution < -0.4 is 5.19 Å². The highest BCUT2D eigenvalue weighted by Crippen LogP contribution is 2.40. The van der Waals surface area contributed by atoms with Gasteiger partial charge in [-0.25, -0.2) is 0 Å². The van der Waals surface area contributed by atoms with Crippen LogP contribution in [0.15, 0.2) is 54.1 Å². The fraction of sp³-hybridized carbons (Fsp3) is 0.474. The number of rotatable bonds is 4. The predicted octanol–water partition coefficient (Wildman–Crippen LogP) is 5.19. The topological polar surface area (TPSA) is 0 Å². The molecule has 106 valence electrons. The lowest BCUT2D eigenvalue weighted by molar-refractivity contribution is 0.493. The molecule has 1 fully saturated rings. The van der Waals surface area contributed by atoms with Gasteiger partial charge in [0.15, 0.2) is 0 Å². The van der Waals surface area contributed by atoms with Gasteiger partial charge in [-0.2, -0.15) is 0 Å². The van der Waals surface area contributed by atoms with Crippen molar-refractivity contribution in [2.75, 3.05) is 0 Å². The van der Waals surface area contributed by atoms with Crippen molar-refractivity contribution < 1.29 is 0 Å². The molecule has 0 amide bonds. The molecule has 1 aromatic rings. The van der Waals surface area contributed by atoms with E-state index in [9.17, 15) is 0 Å². The first kappa shape index (κ1) is 13.9. The fourth-order valence-electron chi connectivity index (χ4n) is 4.10. The van der Waals surface area contributed by atoms with Gasteiger partial charge in [0.05, 0.1) is 8.07 Å². The molecule has 0 aromatic heterocycles. The Hall–Kier alpha value is -1.08. The van der Waals surface area contributed by atoms with Crippen molar-refractivity contribution in [3.05, 3.63) is 54.1 Å². The zero-order valence-corrected chi connectivity index (χ0v) is 13.6. The molecule has 0 bridgehead atoms. The molecule has 0 N–H and O–H groups in total. The van der Waals surface area contributed by atoms with Crippen LogP contribution in [-0.2, 0) is 0 Å². The molecule has 1 heteroatoms. The summed E-state index contributed by atoms with van der Waals surface area (Å²) in [5, 5.41) is 1.67. The Morgan fingerprint density at radius 1 is 1.05 bits per heavy atom. The molecule has 0 aliphatic heterocycles. The summed E-state index contributed by atoms with van der Waals surface area (Å²) < 4.78 is 0. The molecule has 1 saturated carbocycles. The zero-order chi connectivity index (χ0) is 13.8. The lowest BCUT2D eigenvalue weighted by Crippen LogP contribution is -2.49. The van der Waals surface area contributed by atoms with Crippen molar-refractivity contribution in [3.8, 4) is 0 Å². The van der Waals surface area contributed by atoms with Crippen LogP contribution in [0, 0.1) is 0 Å². The second kappa shape index (κ2) is 6.13. The van der Waals surface area contributed by atoms with Crippen LogP contribution in [-0.4, -0.2) is 8.07 Å². The Morgan fingerprint density at radius 3 is 2.45 bits per heavy atom. The normalized spacial score (nSPS) is 22.6. The van der Waals surface area contributed by atoms with Crippen LogP contribution in [0.3, 0.4) is 0 Å². The van der Waals surface area contributed by atoms with Gasteiger partial charge in [0, 0.05) is 0 Å². The summed E-state index contributed by atoms with van der Waals surface area (Å²) in [4.78, 5) is 0. The van der Waals surface area contributed by atoms with E-state index in [1.165, 1.54) is 38.1 Å². The van der Waals surface area contributed by atoms with Crippen LogP contribution in [0.2, 0.25) is 18.1 Å². The highest BCUT2D eigenvalue weighted by atomic mass is 28.3. The smallest absolute Gasteiger partial charge is 0.0805 e. The second-order valence-electron chi connectivity index (χ2n) is 6.71. The van der Waals surface area contributed by atoms with Gasteiger partial charge in [0.1, 0.15) is 0 Å². The lowest BCUT2D eigenvalue weighted by Gasteiger charge is -2.39. The molecule has 0 nitrogen and oxygen atoms in total. The Labute approximate surface area is 124 Å². The SMILES string of the molecule is C[Si](CC1=CCC=C1)(c1ccccc1)C1CCCCC1. The Kier molecular flexibility index (Phi) is 4.26. The molecule has 0 saturated heterocycles. The Balaban J connectivity index is 1.90. The number of hydrogen-bond donors (Lipinski definition) is 0. The number of allylic oxidation sites excluding steroid dienone is 4. The van der Waals surface area contributed by atoms with Crippen LogP contribution in [0.1, 0.15) is 38.5 Å². The average molecular weight is 283 g/mol. The molecule has 1 atom stereocenters. The van der Waals surface area contributed by atoms with Crippen molar-refractivity contribution >= 4 is 13.3 Å². The fourth-order valence-corrected chi connectivity index (χ4v) is 8.81. The molecule has 2 aliphatic rings. The third kappa shape index (κ3) is 2.83. The van der Waals surface area contributed by atoms with E-state index in [1.54, 1.807) is 10.8 Å². The van der Waals surface area contributed by atoms with Crippen LogP contribution in [0.5, 0.6) is 0 Å². The van der Waals surface area contributed by atoms with Gasteiger partial charge in [-0.05, 0) is 18.0 Å². The van der Waals surface area contributed by atoms with Crippen molar-refractivity contribution in [1.82, 2.24) is 0 Å². The van der Waals surface area contributed by atoms with Gasteiger partial charge >= 0.3 is 0 Å². The summed E-state index contributed by atoms with van der Waals surface area (Å²) in [5.41, 5.74) is 2.59. The van der Waals surface area contributed by atoms with E-state index < -0.39 is 8.07 Å². The van der Waals surface area contributed by atoms with Gasteiger partial charge < -0.3 is 0 Å². The minimum Gasteiger partial charge on any atom is -0.0805 e. The molecule has 0 spiro atoms. The van der Waals surface area contributed by atoms with Gasteiger partial charge in [0.2, 0.25) is 0 Å². The first-order valence-corrected chi connectivity index (χ1v) is 11.0. The van der Waals surface area contributed by atoms with Crippen LogP contribution in [0.25, 0.3) is 0 Å². The van der Waals surface area contributed by atoms with Gasteiger partial charge in [-0.1, -0.05) is 98.0 Å². The van der Waals surface area contributed by atoms with Crippen molar-refractivity contribution in [3.63, 3.8) is 0 Å². The highest BCUT2D eigenvalue weighted by Gasteiger charge is 2.39. The quantitative estimate of drug-likeness (QED) is 0.666. The van der Waals surface area contributed by atoms with E-state index in [0.29, 0.717) is 0 Å². The zero-order valence-electron chi connectivity index (χ0n) is 12.6. The summed E-state index contributed by atoms with van der Waals surface area (Å²) >= 11 is 0. The molecule has 0 radical (unpaired) electrons. The van der Waals surface area contributed by atoms with Crippen molar-refractivity contribution in [2.24, 2.45) is 0 Å². The van der Waals surface area contributed by atoms with Gasteiger partial charge in [0.25, 0.3) is 0 Å². The summed E-state index contributed by atoms with van der Waals surface area (Å²) in [6, 6.07) is 12.8. The molecule has 20 heavy (non-hydrogen) atoms. The first-order valence-electron chi connectivity index (χ1n) is 8.20. The monoisotopic (exact) mass is 282 g/mol. The molecular formula is C19H26Si. The summed E-state index contributed by atoms with van der Waals surface area (Å²) in [6.07, 6.45) is 15.6. The molecular weight excluding hydrogens is 256 g/mol. The minimum absolute atomic E-state index is 0.980. The largest absolute Gasteiger partial charge is 0.0910 e. The van der Waals surface area contributed by atoms with Crippen molar-refractivity contribution in [1.29, 1.82) is 0 Å². The number of hydrogen-bond acceptors (Lipinski definition) is 0. The maximum atomic E-state index is 2.64. The molecule has 3 rings (SSSR count). The third-order valence-electron chi connectivity index (χ3n) is 5.36. The predicted molar refractivity (Wildman–Crippen MR) is 91.2 cm³/mol. The Bertz CT molecular complexity index is 494. The van der Waals surface area contributed by atoms with E-state index in [1.807, 2.05) is 0 Å². The lowest BCUT2D eigenvalue weighted by atomic mass is 10.0. The van der Waals surface area contributed by atoms with Crippen molar-refractivity contribution in [2.45, 2.75) is 56.7 Å². The molecule has 1 unspecified atom stereocenters. The van der Waals surface area contributed by atoms with Gasteiger partial charge in [-0.3, -0.25) is 0 Å². The Morgan fingerprint density at radius 2 is 1.80 bits per heavy atom.